The minimum Gasteiger partial charge on any atom is -0.324 e. The fourth-order valence-electron chi connectivity index (χ4n) is 1.19. The first-order chi connectivity index (χ1) is 8.28. The van der Waals surface area contributed by atoms with E-state index in [9.17, 15) is 22.8 Å². The van der Waals surface area contributed by atoms with E-state index < -0.39 is 25.2 Å². The maximum absolute atomic E-state index is 11.8. The second kappa shape index (κ2) is 5.67. The number of aromatic nitrogens is 1. The van der Waals surface area contributed by atoms with Gasteiger partial charge in [-0.1, -0.05) is 0 Å². The van der Waals surface area contributed by atoms with Crippen molar-refractivity contribution in [3.05, 3.63) is 28.7 Å². The quantitative estimate of drug-likeness (QED) is 0.830. The van der Waals surface area contributed by atoms with Gasteiger partial charge in [0.05, 0.1) is 18.8 Å². The minimum atomic E-state index is -4.35. The van der Waals surface area contributed by atoms with Gasteiger partial charge in [-0.05, 0) is 6.07 Å². The summed E-state index contributed by atoms with van der Waals surface area (Å²) in [7, 11) is 1.50. The third kappa shape index (κ3) is 5.00. The van der Waals surface area contributed by atoms with Crippen molar-refractivity contribution in [2.75, 3.05) is 18.4 Å². The lowest BCUT2D eigenvalue weighted by molar-refractivity contribution is -0.126. The average molecular weight is 263 g/mol. The predicted octanol–water partition coefficient (Wildman–Crippen LogP) is 0.476. The van der Waals surface area contributed by atoms with Gasteiger partial charge in [0.2, 0.25) is 11.5 Å². The summed E-state index contributed by atoms with van der Waals surface area (Å²) in [5.41, 5.74) is 0.0964. The van der Waals surface area contributed by atoms with Gasteiger partial charge in [-0.25, -0.2) is 0 Å². The van der Waals surface area contributed by atoms with Crippen LogP contribution in [0.15, 0.2) is 23.1 Å². The molecule has 2 N–H and O–H groups in total. The predicted molar refractivity (Wildman–Crippen MR) is 59.2 cm³/mol. The van der Waals surface area contributed by atoms with E-state index in [2.05, 4.69) is 5.32 Å². The number of hydrogen-bond donors (Lipinski definition) is 2. The van der Waals surface area contributed by atoms with E-state index in [0.717, 1.165) is 0 Å². The number of aryl methyl sites for hydroxylation is 1. The van der Waals surface area contributed by atoms with Crippen LogP contribution in [0.3, 0.4) is 0 Å². The Balaban J connectivity index is 2.45. The molecule has 0 aliphatic carbocycles. The molecule has 0 fully saturated rings. The van der Waals surface area contributed by atoms with Gasteiger partial charge in [0.25, 0.3) is 0 Å². The summed E-state index contributed by atoms with van der Waals surface area (Å²) in [6.45, 7) is -1.68. The Morgan fingerprint density at radius 1 is 1.39 bits per heavy atom. The number of carbonyl (C=O) groups is 1. The number of alkyl halides is 3. The van der Waals surface area contributed by atoms with Crippen LogP contribution in [0, 0.1) is 0 Å². The Labute approximate surface area is 101 Å². The van der Waals surface area contributed by atoms with E-state index in [4.69, 9.17) is 0 Å². The van der Waals surface area contributed by atoms with Crippen LogP contribution < -0.4 is 16.2 Å². The van der Waals surface area contributed by atoms with Gasteiger partial charge in [-0.3, -0.25) is 9.59 Å². The minimum absolute atomic E-state index is 0.247. The third-order valence-corrected chi connectivity index (χ3v) is 1.98. The van der Waals surface area contributed by atoms with Crippen LogP contribution in [0.4, 0.5) is 18.9 Å². The Morgan fingerprint density at radius 2 is 2.06 bits per heavy atom. The standard InChI is InChI=1S/C10H12F3N3O2/c1-16-5-7(2-3-9(16)18)15-8(17)4-14-6-10(11,12)13/h2-3,5,14H,4,6H2,1H3,(H,15,17). The van der Waals surface area contributed by atoms with Crippen LogP contribution >= 0.6 is 0 Å². The Hall–Kier alpha value is -1.83. The summed E-state index contributed by atoms with van der Waals surface area (Å²) in [5, 5.41) is 4.33. The third-order valence-electron chi connectivity index (χ3n) is 1.98. The first-order valence-corrected chi connectivity index (χ1v) is 5.02. The largest absolute Gasteiger partial charge is 0.401 e. The monoisotopic (exact) mass is 263 g/mol. The summed E-state index contributed by atoms with van der Waals surface area (Å²) in [5.74, 6) is -0.613. The maximum atomic E-state index is 11.8. The first-order valence-electron chi connectivity index (χ1n) is 5.02. The SMILES string of the molecule is Cn1cc(NC(=O)CNCC(F)(F)F)ccc1=O. The fraction of sp³-hybridized carbons (Fsp3) is 0.400. The molecule has 100 valence electrons. The highest BCUT2D eigenvalue weighted by atomic mass is 19.4. The molecule has 0 saturated carbocycles. The molecule has 8 heteroatoms. The van der Waals surface area contributed by atoms with Crippen LogP contribution in [0.1, 0.15) is 0 Å². The van der Waals surface area contributed by atoms with Crippen molar-refractivity contribution < 1.29 is 18.0 Å². The number of hydrogen-bond acceptors (Lipinski definition) is 3. The van der Waals surface area contributed by atoms with Gasteiger partial charge in [0, 0.05) is 19.3 Å². The van der Waals surface area contributed by atoms with Gasteiger partial charge in [0.1, 0.15) is 0 Å². The van der Waals surface area contributed by atoms with Crippen molar-refractivity contribution in [2.45, 2.75) is 6.18 Å². The Morgan fingerprint density at radius 3 is 2.61 bits per heavy atom. The second-order valence-electron chi connectivity index (χ2n) is 3.63. The van der Waals surface area contributed by atoms with Crippen molar-refractivity contribution >= 4 is 11.6 Å². The number of rotatable bonds is 4. The Bertz CT molecular complexity index is 482. The molecule has 0 aliphatic heterocycles. The van der Waals surface area contributed by atoms with Gasteiger partial charge in [-0.15, -0.1) is 0 Å². The molecule has 0 saturated heterocycles. The fourth-order valence-corrected chi connectivity index (χ4v) is 1.19. The highest BCUT2D eigenvalue weighted by Crippen LogP contribution is 2.11. The van der Waals surface area contributed by atoms with E-state index in [1.165, 1.54) is 29.9 Å². The van der Waals surface area contributed by atoms with Crippen molar-refractivity contribution in [1.29, 1.82) is 0 Å². The van der Waals surface area contributed by atoms with Crippen LogP contribution in [-0.2, 0) is 11.8 Å². The van der Waals surface area contributed by atoms with Crippen LogP contribution in [0.25, 0.3) is 0 Å². The molecule has 1 amide bonds. The normalized spacial score (nSPS) is 11.3. The molecule has 1 rings (SSSR count). The molecule has 0 radical (unpaired) electrons. The van der Waals surface area contributed by atoms with Gasteiger partial charge < -0.3 is 15.2 Å². The van der Waals surface area contributed by atoms with Crippen molar-refractivity contribution in [1.82, 2.24) is 9.88 Å². The zero-order chi connectivity index (χ0) is 13.8. The number of halogens is 3. The number of amides is 1. The van der Waals surface area contributed by atoms with E-state index in [1.807, 2.05) is 5.32 Å². The van der Waals surface area contributed by atoms with Gasteiger partial charge in [-0.2, -0.15) is 13.2 Å². The van der Waals surface area contributed by atoms with E-state index in [0.29, 0.717) is 5.69 Å². The Kier molecular flexibility index (Phi) is 4.49. The summed E-state index contributed by atoms with van der Waals surface area (Å²) < 4.78 is 36.6. The van der Waals surface area contributed by atoms with Crippen molar-refractivity contribution in [2.24, 2.45) is 7.05 Å². The van der Waals surface area contributed by atoms with E-state index >= 15 is 0 Å². The molecule has 0 spiro atoms. The number of nitrogens with one attached hydrogen (secondary N) is 2. The summed E-state index contributed by atoms with van der Waals surface area (Å²) in [4.78, 5) is 22.3. The molecule has 18 heavy (non-hydrogen) atoms. The highest BCUT2D eigenvalue weighted by Gasteiger charge is 2.26. The van der Waals surface area contributed by atoms with Gasteiger partial charge in [0.15, 0.2) is 0 Å². The van der Waals surface area contributed by atoms with E-state index in [-0.39, 0.29) is 5.56 Å². The summed E-state index contributed by atoms with van der Waals surface area (Å²) in [6.07, 6.45) is -2.97. The highest BCUT2D eigenvalue weighted by molar-refractivity contribution is 5.92. The average Bonchev–Trinajstić information content (AvgIpc) is 2.21. The number of pyridine rings is 1. The molecule has 1 aromatic rings. The lowest BCUT2D eigenvalue weighted by Crippen LogP contribution is -2.35. The molecule has 0 atom stereocenters. The number of nitrogens with zero attached hydrogens (tertiary/aromatic N) is 1. The van der Waals surface area contributed by atoms with Crippen molar-refractivity contribution in [3.63, 3.8) is 0 Å². The topological polar surface area (TPSA) is 63.1 Å². The molecule has 0 bridgehead atoms. The second-order valence-corrected chi connectivity index (χ2v) is 3.63. The number of anilines is 1. The van der Waals surface area contributed by atoms with Crippen molar-refractivity contribution in [3.8, 4) is 0 Å². The smallest absolute Gasteiger partial charge is 0.324 e. The molecule has 0 aromatic carbocycles. The molecule has 1 heterocycles. The zero-order valence-corrected chi connectivity index (χ0v) is 9.54. The molecule has 0 unspecified atom stereocenters. The van der Waals surface area contributed by atoms with E-state index in [1.54, 1.807) is 0 Å². The lowest BCUT2D eigenvalue weighted by Gasteiger charge is -2.09. The first kappa shape index (κ1) is 14.2. The molecular weight excluding hydrogens is 251 g/mol. The van der Waals surface area contributed by atoms with Crippen LogP contribution in [-0.4, -0.2) is 29.7 Å². The lowest BCUT2D eigenvalue weighted by atomic mass is 10.4. The molecule has 0 aliphatic rings. The maximum Gasteiger partial charge on any atom is 0.401 e. The zero-order valence-electron chi connectivity index (χ0n) is 9.54. The molecule has 1 aromatic heterocycles. The molecular formula is C10H12F3N3O2. The van der Waals surface area contributed by atoms with Crippen LogP contribution in [0.2, 0.25) is 0 Å². The van der Waals surface area contributed by atoms with Gasteiger partial charge >= 0.3 is 6.18 Å². The number of carbonyl (C=O) groups excluding carboxylic acids is 1. The van der Waals surface area contributed by atoms with Crippen LogP contribution in [0.5, 0.6) is 0 Å². The summed E-state index contributed by atoms with van der Waals surface area (Å²) in [6, 6.07) is 2.63. The molecule has 5 nitrogen and oxygen atoms in total. The summed E-state index contributed by atoms with van der Waals surface area (Å²) >= 11 is 0.